The van der Waals surface area contributed by atoms with Gasteiger partial charge in [-0.15, -0.1) is 0 Å². The molecule has 3 rings (SSSR count). The van der Waals surface area contributed by atoms with Crippen molar-refractivity contribution < 1.29 is 29.0 Å². The summed E-state index contributed by atoms with van der Waals surface area (Å²) in [4.78, 5) is 16.5. The first-order valence-corrected chi connectivity index (χ1v) is 8.67. The number of benzene rings is 1. The van der Waals surface area contributed by atoms with E-state index in [9.17, 15) is 15.0 Å². The van der Waals surface area contributed by atoms with Crippen LogP contribution in [0.5, 0.6) is 11.5 Å². The number of aromatic hydroxyl groups is 2. The number of aromatic nitrogens is 1. The van der Waals surface area contributed by atoms with Crippen molar-refractivity contribution in [3.05, 3.63) is 53.2 Å². The maximum Gasteiger partial charge on any atom is 0.361 e. The molecule has 1 aliphatic rings. The molecule has 1 atom stereocenters. The zero-order valence-electron chi connectivity index (χ0n) is 15.5. The number of carbonyl (C=O) groups is 1. The van der Waals surface area contributed by atoms with Gasteiger partial charge >= 0.3 is 5.97 Å². The second-order valence-electron chi connectivity index (χ2n) is 5.96. The fourth-order valence-electron chi connectivity index (χ4n) is 2.70. The molecule has 0 aliphatic heterocycles. The Kier molecular flexibility index (Phi) is 5.90. The number of carbonyl (C=O) groups excluding carboxylic acids is 1. The molecule has 0 amide bonds. The molecule has 1 unspecified atom stereocenters. The van der Waals surface area contributed by atoms with Gasteiger partial charge in [0, 0.05) is 25.0 Å². The Balaban J connectivity index is 1.99. The van der Waals surface area contributed by atoms with E-state index in [2.05, 4.69) is 10.1 Å². The molecule has 0 saturated carbocycles. The second-order valence-corrected chi connectivity index (χ2v) is 5.96. The molecule has 0 bridgehead atoms. The van der Waals surface area contributed by atoms with Crippen LogP contribution in [-0.2, 0) is 9.47 Å². The van der Waals surface area contributed by atoms with E-state index in [1.54, 1.807) is 14.0 Å². The molecule has 2 aromatic rings. The van der Waals surface area contributed by atoms with Crippen molar-refractivity contribution in [2.45, 2.75) is 19.4 Å². The predicted octanol–water partition coefficient (Wildman–Crippen LogP) is 3.37. The molecule has 0 radical (unpaired) electrons. The summed E-state index contributed by atoms with van der Waals surface area (Å²) in [6.07, 6.45) is 7.52. The number of esters is 1. The highest BCUT2D eigenvalue weighted by Gasteiger charge is 2.26. The summed E-state index contributed by atoms with van der Waals surface area (Å²) < 4.78 is 15.6. The van der Waals surface area contributed by atoms with Crippen molar-refractivity contribution in [1.29, 1.82) is 0 Å². The predicted molar refractivity (Wildman–Crippen MR) is 102 cm³/mol. The van der Waals surface area contributed by atoms with Gasteiger partial charge < -0.3 is 24.2 Å². The van der Waals surface area contributed by atoms with Crippen LogP contribution >= 0.6 is 0 Å². The number of aliphatic imine (C=N–C) groups is 1. The van der Waals surface area contributed by atoms with E-state index in [1.165, 1.54) is 24.4 Å². The van der Waals surface area contributed by atoms with E-state index in [1.807, 2.05) is 18.2 Å². The molecule has 1 aliphatic carbocycles. The highest BCUT2D eigenvalue weighted by molar-refractivity contribution is 5.98. The molecule has 28 heavy (non-hydrogen) atoms. The number of methoxy groups -OCH3 is 1. The van der Waals surface area contributed by atoms with Gasteiger partial charge in [-0.05, 0) is 31.1 Å². The zero-order chi connectivity index (χ0) is 20.1. The van der Waals surface area contributed by atoms with Crippen LogP contribution in [0.15, 0.2) is 45.9 Å². The standard InChI is InChI=1S/C20H20N2O6/c1-3-27-20(25)18-17(12-5-8-15(26-2)9-6-12)19(28-22-18)21-11-13-4-7-14(23)10-16(13)24/h4-8,10-11,15,23-24H,3,9H2,1-2H3. The van der Waals surface area contributed by atoms with Crippen molar-refractivity contribution in [1.82, 2.24) is 5.16 Å². The minimum absolute atomic E-state index is 0.0238. The lowest BCUT2D eigenvalue weighted by Crippen LogP contribution is -2.10. The van der Waals surface area contributed by atoms with Crippen LogP contribution in [0.25, 0.3) is 5.57 Å². The summed E-state index contributed by atoms with van der Waals surface area (Å²) in [5, 5.41) is 23.1. The van der Waals surface area contributed by atoms with Gasteiger partial charge in [0.2, 0.25) is 5.69 Å². The monoisotopic (exact) mass is 384 g/mol. The van der Waals surface area contributed by atoms with Crippen LogP contribution in [0.3, 0.4) is 0 Å². The Morgan fingerprint density at radius 2 is 2.25 bits per heavy atom. The van der Waals surface area contributed by atoms with Crippen LogP contribution in [0, 0.1) is 0 Å². The fraction of sp³-hybridized carbons (Fsp3) is 0.250. The zero-order valence-corrected chi connectivity index (χ0v) is 15.5. The molecule has 1 heterocycles. The van der Waals surface area contributed by atoms with Gasteiger partial charge in [0.15, 0.2) is 0 Å². The lowest BCUT2D eigenvalue weighted by molar-refractivity contribution is 0.0514. The third kappa shape index (κ3) is 4.12. The molecule has 1 aromatic heterocycles. The number of hydrogen-bond acceptors (Lipinski definition) is 8. The first kappa shape index (κ1) is 19.4. The Morgan fingerprint density at radius 1 is 1.43 bits per heavy atom. The lowest BCUT2D eigenvalue weighted by Gasteiger charge is -2.14. The van der Waals surface area contributed by atoms with Crippen LogP contribution in [0.2, 0.25) is 0 Å². The average Bonchev–Trinajstić information content (AvgIpc) is 3.11. The fourth-order valence-corrected chi connectivity index (χ4v) is 2.70. The largest absolute Gasteiger partial charge is 0.508 e. The molecule has 8 nitrogen and oxygen atoms in total. The summed E-state index contributed by atoms with van der Waals surface area (Å²) in [6.45, 7) is 1.90. The third-order valence-corrected chi connectivity index (χ3v) is 4.13. The van der Waals surface area contributed by atoms with Gasteiger partial charge in [-0.25, -0.2) is 9.79 Å². The van der Waals surface area contributed by atoms with E-state index in [0.29, 0.717) is 23.1 Å². The summed E-state index contributed by atoms with van der Waals surface area (Å²) in [5.41, 5.74) is 1.50. The van der Waals surface area contributed by atoms with Gasteiger partial charge in [-0.1, -0.05) is 23.4 Å². The van der Waals surface area contributed by atoms with E-state index in [-0.39, 0.29) is 35.8 Å². The van der Waals surface area contributed by atoms with Crippen LogP contribution in [-0.4, -0.2) is 47.4 Å². The number of ether oxygens (including phenoxy) is 2. The van der Waals surface area contributed by atoms with Crippen molar-refractivity contribution in [3.63, 3.8) is 0 Å². The Bertz CT molecular complexity index is 958. The molecule has 2 N–H and O–H groups in total. The highest BCUT2D eigenvalue weighted by atomic mass is 16.5. The smallest absolute Gasteiger partial charge is 0.361 e. The van der Waals surface area contributed by atoms with Crippen LogP contribution in [0.1, 0.15) is 35.0 Å². The van der Waals surface area contributed by atoms with E-state index in [4.69, 9.17) is 14.0 Å². The van der Waals surface area contributed by atoms with Crippen molar-refractivity contribution in [3.8, 4) is 11.5 Å². The first-order valence-electron chi connectivity index (χ1n) is 8.67. The topological polar surface area (TPSA) is 114 Å². The van der Waals surface area contributed by atoms with Gasteiger partial charge in [0.05, 0.1) is 18.3 Å². The average molecular weight is 384 g/mol. The Hall–Kier alpha value is -3.39. The van der Waals surface area contributed by atoms with Gasteiger partial charge in [-0.2, -0.15) is 0 Å². The SMILES string of the molecule is CCOC(=O)c1noc(N=Cc2ccc(O)cc2O)c1C1=CCC(OC)C=C1. The number of nitrogens with zero attached hydrogens (tertiary/aromatic N) is 2. The summed E-state index contributed by atoms with van der Waals surface area (Å²) in [6, 6.07) is 4.12. The number of phenolic OH excluding ortho intramolecular Hbond substituents is 2. The maximum atomic E-state index is 12.3. The molecule has 8 heteroatoms. The summed E-state index contributed by atoms with van der Waals surface area (Å²) in [7, 11) is 1.62. The van der Waals surface area contributed by atoms with Crippen molar-refractivity contribution >= 4 is 23.6 Å². The van der Waals surface area contributed by atoms with Gasteiger partial charge in [-0.3, -0.25) is 0 Å². The van der Waals surface area contributed by atoms with Gasteiger partial charge in [0.25, 0.3) is 5.88 Å². The quantitative estimate of drug-likeness (QED) is 0.579. The highest BCUT2D eigenvalue weighted by Crippen LogP contribution is 2.34. The number of rotatable bonds is 6. The summed E-state index contributed by atoms with van der Waals surface area (Å²) >= 11 is 0. The molecular formula is C20H20N2O6. The molecule has 0 saturated heterocycles. The second kappa shape index (κ2) is 8.53. The molecule has 1 aromatic carbocycles. The molecule has 0 fully saturated rings. The maximum absolute atomic E-state index is 12.3. The number of hydrogen-bond donors (Lipinski definition) is 2. The number of allylic oxidation sites excluding steroid dienone is 2. The molecule has 0 spiro atoms. The molecular weight excluding hydrogens is 364 g/mol. The number of phenols is 2. The van der Waals surface area contributed by atoms with Crippen molar-refractivity contribution in [2.24, 2.45) is 4.99 Å². The van der Waals surface area contributed by atoms with E-state index >= 15 is 0 Å². The van der Waals surface area contributed by atoms with E-state index < -0.39 is 5.97 Å². The molecule has 146 valence electrons. The minimum Gasteiger partial charge on any atom is -0.508 e. The Morgan fingerprint density at radius 3 is 2.89 bits per heavy atom. The van der Waals surface area contributed by atoms with Crippen LogP contribution in [0.4, 0.5) is 5.88 Å². The third-order valence-electron chi connectivity index (χ3n) is 4.13. The van der Waals surface area contributed by atoms with Crippen molar-refractivity contribution in [2.75, 3.05) is 13.7 Å². The van der Waals surface area contributed by atoms with Gasteiger partial charge in [0.1, 0.15) is 11.5 Å². The minimum atomic E-state index is -0.613. The van der Waals surface area contributed by atoms with E-state index in [0.717, 1.165) is 0 Å². The lowest BCUT2D eigenvalue weighted by atomic mass is 9.98. The normalized spacial score (nSPS) is 16.4. The Labute approximate surface area is 161 Å². The summed E-state index contributed by atoms with van der Waals surface area (Å²) in [5.74, 6) is -0.722. The van der Waals surface area contributed by atoms with Crippen LogP contribution < -0.4 is 0 Å². The first-order chi connectivity index (χ1) is 13.5.